The van der Waals surface area contributed by atoms with Crippen molar-refractivity contribution in [3.05, 3.63) is 95.6 Å². The molecule has 34 heavy (non-hydrogen) atoms. The number of nitrogens with one attached hydrogen (secondary N) is 3. The van der Waals surface area contributed by atoms with Crippen molar-refractivity contribution in [2.45, 2.75) is 25.7 Å². The third kappa shape index (κ3) is 7.66. The highest BCUT2D eigenvalue weighted by molar-refractivity contribution is 5.94. The van der Waals surface area contributed by atoms with Crippen LogP contribution in [0.25, 0.3) is 0 Å². The van der Waals surface area contributed by atoms with Crippen molar-refractivity contribution >= 4 is 17.5 Å². The topological polar surface area (TPSA) is 79.5 Å². The van der Waals surface area contributed by atoms with Crippen LogP contribution in [0.15, 0.2) is 78.9 Å². The Hall–Kier alpha value is -3.80. The zero-order valence-corrected chi connectivity index (χ0v) is 19.8. The summed E-state index contributed by atoms with van der Waals surface area (Å²) in [4.78, 5) is 25.4. The molecule has 1 unspecified atom stereocenters. The summed E-state index contributed by atoms with van der Waals surface area (Å²) in [6, 6.07) is 25.0. The Kier molecular flexibility index (Phi) is 9.52. The smallest absolute Gasteiger partial charge is 0.251 e. The maximum atomic E-state index is 13.0. The van der Waals surface area contributed by atoms with Crippen molar-refractivity contribution in [1.82, 2.24) is 10.6 Å². The molecule has 0 aliphatic rings. The van der Waals surface area contributed by atoms with Crippen LogP contribution < -0.4 is 20.7 Å². The van der Waals surface area contributed by atoms with Gasteiger partial charge in [0.25, 0.3) is 5.91 Å². The molecule has 1 atom stereocenters. The summed E-state index contributed by atoms with van der Waals surface area (Å²) in [6.07, 6.45) is 1.35. The van der Waals surface area contributed by atoms with Crippen LogP contribution >= 0.6 is 0 Å². The quantitative estimate of drug-likeness (QED) is 0.348. The molecule has 3 rings (SSSR count). The van der Waals surface area contributed by atoms with Crippen LogP contribution in [0.5, 0.6) is 5.75 Å². The van der Waals surface area contributed by atoms with Crippen molar-refractivity contribution in [3.8, 4) is 5.75 Å². The lowest BCUT2D eigenvalue weighted by Gasteiger charge is -2.18. The second kappa shape index (κ2) is 13.0. The molecule has 3 aromatic rings. The van der Waals surface area contributed by atoms with Gasteiger partial charge in [-0.3, -0.25) is 9.59 Å². The highest BCUT2D eigenvalue weighted by Gasteiger charge is 2.20. The first-order chi connectivity index (χ1) is 16.6. The van der Waals surface area contributed by atoms with Crippen molar-refractivity contribution < 1.29 is 14.3 Å². The SMILES string of the molecule is COc1ccc(NCCNC(=O)C(CCCNC(=O)c2cccc(C)c2)c2ccccc2)cc1. The van der Waals surface area contributed by atoms with Crippen molar-refractivity contribution in [3.63, 3.8) is 0 Å². The first-order valence-corrected chi connectivity index (χ1v) is 11.6. The van der Waals surface area contributed by atoms with Crippen LogP contribution in [0.1, 0.15) is 40.2 Å². The van der Waals surface area contributed by atoms with E-state index in [1.807, 2.05) is 85.8 Å². The minimum Gasteiger partial charge on any atom is -0.497 e. The Morgan fingerprint density at radius 3 is 2.32 bits per heavy atom. The first kappa shape index (κ1) is 24.8. The fourth-order valence-corrected chi connectivity index (χ4v) is 3.76. The van der Waals surface area contributed by atoms with E-state index in [1.54, 1.807) is 7.11 Å². The van der Waals surface area contributed by atoms with Crippen molar-refractivity contribution in [2.24, 2.45) is 0 Å². The number of rotatable bonds is 12. The molecule has 0 aromatic heterocycles. The van der Waals surface area contributed by atoms with E-state index in [-0.39, 0.29) is 17.7 Å². The Morgan fingerprint density at radius 1 is 0.853 bits per heavy atom. The van der Waals surface area contributed by atoms with Crippen LogP contribution in [0.3, 0.4) is 0 Å². The molecule has 3 aromatic carbocycles. The number of amides is 2. The molecule has 0 bridgehead atoms. The van der Waals surface area contributed by atoms with E-state index >= 15 is 0 Å². The number of methoxy groups -OCH3 is 1. The van der Waals surface area contributed by atoms with Gasteiger partial charge in [-0.25, -0.2) is 0 Å². The van der Waals surface area contributed by atoms with Crippen LogP contribution in [0.2, 0.25) is 0 Å². The second-order valence-electron chi connectivity index (χ2n) is 8.18. The Bertz CT molecular complexity index is 1050. The van der Waals surface area contributed by atoms with Gasteiger partial charge in [0.15, 0.2) is 0 Å². The molecule has 0 heterocycles. The van der Waals surface area contributed by atoms with Gasteiger partial charge in [0.05, 0.1) is 13.0 Å². The van der Waals surface area contributed by atoms with Crippen molar-refractivity contribution in [2.75, 3.05) is 32.1 Å². The van der Waals surface area contributed by atoms with E-state index in [2.05, 4.69) is 16.0 Å². The fourth-order valence-electron chi connectivity index (χ4n) is 3.76. The average molecular weight is 460 g/mol. The van der Waals surface area contributed by atoms with E-state index < -0.39 is 0 Å². The van der Waals surface area contributed by atoms with Gasteiger partial charge in [-0.2, -0.15) is 0 Å². The van der Waals surface area contributed by atoms with E-state index in [0.29, 0.717) is 38.0 Å². The molecule has 0 aliphatic heterocycles. The molecule has 6 heteroatoms. The fraction of sp³-hybridized carbons (Fsp3) is 0.286. The molecule has 0 saturated carbocycles. The second-order valence-corrected chi connectivity index (χ2v) is 8.18. The average Bonchev–Trinajstić information content (AvgIpc) is 2.87. The Morgan fingerprint density at radius 2 is 1.62 bits per heavy atom. The molecule has 0 aliphatic carbocycles. The summed E-state index contributed by atoms with van der Waals surface area (Å²) in [5, 5.41) is 9.30. The zero-order valence-electron chi connectivity index (χ0n) is 19.8. The predicted octanol–water partition coefficient (Wildman–Crippen LogP) is 4.53. The number of benzene rings is 3. The highest BCUT2D eigenvalue weighted by Crippen LogP contribution is 2.21. The largest absolute Gasteiger partial charge is 0.497 e. The first-order valence-electron chi connectivity index (χ1n) is 11.6. The zero-order chi connectivity index (χ0) is 24.2. The minimum absolute atomic E-state index is 0.00672. The lowest BCUT2D eigenvalue weighted by Crippen LogP contribution is -2.33. The highest BCUT2D eigenvalue weighted by atomic mass is 16.5. The van der Waals surface area contributed by atoms with Gasteiger partial charge < -0.3 is 20.7 Å². The lowest BCUT2D eigenvalue weighted by molar-refractivity contribution is -0.122. The summed E-state index contributed by atoms with van der Waals surface area (Å²) in [5.74, 6) is 0.444. The van der Waals surface area contributed by atoms with Crippen LogP contribution in [0, 0.1) is 6.92 Å². The number of hydrogen-bond acceptors (Lipinski definition) is 4. The van der Waals surface area contributed by atoms with E-state index in [0.717, 1.165) is 22.6 Å². The number of carbonyl (C=O) groups excluding carboxylic acids is 2. The number of hydrogen-bond donors (Lipinski definition) is 3. The molecular weight excluding hydrogens is 426 g/mol. The molecule has 3 N–H and O–H groups in total. The summed E-state index contributed by atoms with van der Waals surface area (Å²) >= 11 is 0. The molecule has 6 nitrogen and oxygen atoms in total. The van der Waals surface area contributed by atoms with Gasteiger partial charge in [0, 0.05) is 30.9 Å². The van der Waals surface area contributed by atoms with Gasteiger partial charge in [-0.05, 0) is 61.7 Å². The maximum absolute atomic E-state index is 13.0. The molecule has 0 saturated heterocycles. The Labute approximate surface area is 201 Å². The summed E-state index contributed by atoms with van der Waals surface area (Å²) < 4.78 is 5.17. The molecule has 0 radical (unpaired) electrons. The molecule has 0 spiro atoms. The Balaban J connectivity index is 1.47. The summed E-state index contributed by atoms with van der Waals surface area (Å²) in [6.45, 7) is 3.61. The number of carbonyl (C=O) groups is 2. The van der Waals surface area contributed by atoms with E-state index in [4.69, 9.17) is 4.74 Å². The number of anilines is 1. The number of aryl methyl sites for hydroxylation is 1. The molecule has 178 valence electrons. The minimum atomic E-state index is -0.266. The monoisotopic (exact) mass is 459 g/mol. The normalized spacial score (nSPS) is 11.4. The van der Waals surface area contributed by atoms with Gasteiger partial charge in [0.1, 0.15) is 5.75 Å². The molecule has 2 amide bonds. The third-order valence-electron chi connectivity index (χ3n) is 5.60. The van der Waals surface area contributed by atoms with Crippen molar-refractivity contribution in [1.29, 1.82) is 0 Å². The summed E-state index contributed by atoms with van der Waals surface area (Å²) in [5.41, 5.74) is 3.66. The van der Waals surface area contributed by atoms with Crippen LogP contribution in [-0.4, -0.2) is 38.6 Å². The van der Waals surface area contributed by atoms with E-state index in [9.17, 15) is 9.59 Å². The molecule has 0 fully saturated rings. The third-order valence-corrected chi connectivity index (χ3v) is 5.60. The van der Waals surface area contributed by atoms with Gasteiger partial charge in [-0.1, -0.05) is 48.0 Å². The van der Waals surface area contributed by atoms with E-state index in [1.165, 1.54) is 0 Å². The predicted molar refractivity (Wildman–Crippen MR) is 136 cm³/mol. The van der Waals surface area contributed by atoms with Crippen LogP contribution in [0.4, 0.5) is 5.69 Å². The standard InChI is InChI=1S/C28H33N3O3/c1-21-8-6-11-23(20-21)27(32)30-17-7-12-26(22-9-4-3-5-10-22)28(33)31-19-18-29-24-13-15-25(34-2)16-14-24/h3-6,8-11,13-16,20,26,29H,7,12,17-19H2,1-2H3,(H,30,32)(H,31,33). The van der Waals surface area contributed by atoms with Gasteiger partial charge in [-0.15, -0.1) is 0 Å². The number of ether oxygens (including phenoxy) is 1. The van der Waals surface area contributed by atoms with Gasteiger partial charge >= 0.3 is 0 Å². The lowest BCUT2D eigenvalue weighted by atomic mass is 9.93. The molecular formula is C28H33N3O3. The van der Waals surface area contributed by atoms with Gasteiger partial charge in [0.2, 0.25) is 5.91 Å². The maximum Gasteiger partial charge on any atom is 0.251 e. The summed E-state index contributed by atoms with van der Waals surface area (Å²) in [7, 11) is 1.64. The van der Waals surface area contributed by atoms with Crippen LogP contribution in [-0.2, 0) is 4.79 Å².